The van der Waals surface area contributed by atoms with Gasteiger partial charge in [-0.25, -0.2) is 0 Å². The number of unbranched alkanes of at least 4 members (excludes halogenated alkanes) is 2. The Kier molecular flexibility index (Phi) is 12.9. The summed E-state index contributed by atoms with van der Waals surface area (Å²) in [4.78, 5) is 10.2. The van der Waals surface area contributed by atoms with Gasteiger partial charge in [-0.2, -0.15) is 0 Å². The van der Waals surface area contributed by atoms with Gasteiger partial charge in [0, 0.05) is 19.3 Å². The molecule has 0 radical (unpaired) electrons. The third-order valence-electron chi connectivity index (χ3n) is 6.29. The molecule has 0 bridgehead atoms. The van der Waals surface area contributed by atoms with Crippen LogP contribution >= 0.6 is 0 Å². The van der Waals surface area contributed by atoms with Crippen molar-refractivity contribution in [3.05, 3.63) is 12.2 Å². The Bertz CT molecular complexity index is 504. The largest absolute Gasteiger partial charge is 0.390 e. The molecule has 5 atom stereocenters. The second-order valence-corrected chi connectivity index (χ2v) is 8.99. The molecule has 3 aliphatic heterocycles. The predicted octanol–water partition coefficient (Wildman–Crippen LogP) is 4.72. The van der Waals surface area contributed by atoms with Crippen LogP contribution in [0.4, 0.5) is 0 Å². The van der Waals surface area contributed by atoms with Gasteiger partial charge >= 0.3 is 0 Å². The highest BCUT2D eigenvalue weighted by Crippen LogP contribution is 2.30. The lowest BCUT2D eigenvalue weighted by Crippen LogP contribution is -2.23. The molecule has 0 amide bonds. The number of rotatable bonds is 12. The molecule has 1 N–H and O–H groups in total. The standard InChI is InChI=1S/C13H24O4.C12H20O2/c1-2-3-4-10-9-11(14)12(17-10)5-6-13-15-7-8-16-13;1-3-4-6-11-9-10(2)12(14-11)7-5-8-13/h10-14H,2-9H2,1H3;8,11-12H,2-7,9H2,1H3/t10-,11+,12-;11-,12-/m00/s1. The van der Waals surface area contributed by atoms with Crippen molar-refractivity contribution in [1.82, 2.24) is 0 Å². The van der Waals surface area contributed by atoms with Crippen LogP contribution in [0.2, 0.25) is 0 Å². The van der Waals surface area contributed by atoms with E-state index in [-0.39, 0.29) is 30.7 Å². The molecule has 31 heavy (non-hydrogen) atoms. The van der Waals surface area contributed by atoms with Gasteiger partial charge in [0.05, 0.1) is 43.7 Å². The maximum atomic E-state index is 10.2. The molecular formula is C25H44O6. The zero-order valence-electron chi connectivity index (χ0n) is 19.6. The molecule has 0 aromatic heterocycles. The summed E-state index contributed by atoms with van der Waals surface area (Å²) in [7, 11) is 0. The van der Waals surface area contributed by atoms with E-state index in [1.54, 1.807) is 0 Å². The normalized spacial score (nSPS) is 31.1. The average Bonchev–Trinajstić information content (AvgIpc) is 3.49. The van der Waals surface area contributed by atoms with Crippen LogP contribution in [0.3, 0.4) is 0 Å². The summed E-state index contributed by atoms with van der Waals surface area (Å²) in [6.45, 7) is 9.76. The molecule has 3 heterocycles. The van der Waals surface area contributed by atoms with Crippen molar-refractivity contribution >= 4 is 6.29 Å². The molecule has 6 heteroatoms. The van der Waals surface area contributed by atoms with E-state index < -0.39 is 0 Å². The van der Waals surface area contributed by atoms with Gasteiger partial charge in [-0.3, -0.25) is 0 Å². The lowest BCUT2D eigenvalue weighted by Gasteiger charge is -2.16. The van der Waals surface area contributed by atoms with E-state index in [0.717, 1.165) is 51.2 Å². The second-order valence-electron chi connectivity index (χ2n) is 8.99. The van der Waals surface area contributed by atoms with Crippen molar-refractivity contribution in [3.8, 4) is 0 Å². The fourth-order valence-corrected chi connectivity index (χ4v) is 4.46. The highest BCUT2D eigenvalue weighted by molar-refractivity contribution is 5.49. The van der Waals surface area contributed by atoms with Crippen LogP contribution in [0.1, 0.15) is 90.9 Å². The van der Waals surface area contributed by atoms with E-state index in [1.807, 2.05) is 0 Å². The van der Waals surface area contributed by atoms with Crippen molar-refractivity contribution in [3.63, 3.8) is 0 Å². The minimum absolute atomic E-state index is 0.0235. The van der Waals surface area contributed by atoms with Gasteiger partial charge in [0.1, 0.15) is 6.29 Å². The van der Waals surface area contributed by atoms with E-state index in [2.05, 4.69) is 20.4 Å². The van der Waals surface area contributed by atoms with Crippen molar-refractivity contribution < 1.29 is 28.8 Å². The van der Waals surface area contributed by atoms with Crippen molar-refractivity contribution in [2.75, 3.05) is 13.2 Å². The van der Waals surface area contributed by atoms with Crippen LogP contribution in [0.25, 0.3) is 0 Å². The third kappa shape index (κ3) is 9.70. The first-order chi connectivity index (χ1) is 15.1. The molecule has 0 saturated carbocycles. The van der Waals surface area contributed by atoms with Crippen molar-refractivity contribution in [1.29, 1.82) is 0 Å². The Hall–Kier alpha value is -0.790. The van der Waals surface area contributed by atoms with E-state index in [4.69, 9.17) is 18.9 Å². The summed E-state index contributed by atoms with van der Waals surface area (Å²) in [5.41, 5.74) is 1.17. The zero-order valence-corrected chi connectivity index (χ0v) is 19.6. The lowest BCUT2D eigenvalue weighted by molar-refractivity contribution is -0.108. The lowest BCUT2D eigenvalue weighted by atomic mass is 10.0. The number of hydrogen-bond acceptors (Lipinski definition) is 6. The number of aliphatic hydroxyl groups is 1. The van der Waals surface area contributed by atoms with Crippen LogP contribution in [0.15, 0.2) is 12.2 Å². The first-order valence-corrected chi connectivity index (χ1v) is 12.4. The van der Waals surface area contributed by atoms with Gasteiger partial charge in [-0.05, 0) is 37.7 Å². The van der Waals surface area contributed by atoms with Gasteiger partial charge in [0.15, 0.2) is 6.29 Å². The van der Waals surface area contributed by atoms with Gasteiger partial charge in [0.25, 0.3) is 0 Å². The van der Waals surface area contributed by atoms with E-state index in [9.17, 15) is 9.90 Å². The molecule has 3 saturated heterocycles. The molecule has 3 rings (SSSR count). The van der Waals surface area contributed by atoms with Crippen LogP contribution in [0, 0.1) is 0 Å². The number of aliphatic hydroxyl groups excluding tert-OH is 1. The molecule has 0 aromatic rings. The second kappa shape index (κ2) is 15.1. The molecule has 3 aliphatic rings. The average molecular weight is 441 g/mol. The Morgan fingerprint density at radius 2 is 1.65 bits per heavy atom. The Balaban J connectivity index is 0.000000225. The summed E-state index contributed by atoms with van der Waals surface area (Å²) >= 11 is 0. The summed E-state index contributed by atoms with van der Waals surface area (Å²) < 4.78 is 22.5. The van der Waals surface area contributed by atoms with Crippen molar-refractivity contribution in [2.45, 2.75) is 128 Å². The van der Waals surface area contributed by atoms with Gasteiger partial charge in [-0.1, -0.05) is 46.1 Å². The smallest absolute Gasteiger partial charge is 0.157 e. The number of carbonyl (C=O) groups excluding carboxylic acids is 1. The first-order valence-electron chi connectivity index (χ1n) is 12.4. The van der Waals surface area contributed by atoms with Gasteiger partial charge in [-0.15, -0.1) is 0 Å². The molecular weight excluding hydrogens is 396 g/mol. The molecule has 3 fully saturated rings. The fourth-order valence-electron chi connectivity index (χ4n) is 4.46. The Morgan fingerprint density at radius 3 is 2.29 bits per heavy atom. The summed E-state index contributed by atoms with van der Waals surface area (Å²) in [5.74, 6) is 0. The van der Waals surface area contributed by atoms with Crippen LogP contribution < -0.4 is 0 Å². The van der Waals surface area contributed by atoms with Crippen LogP contribution in [-0.4, -0.2) is 61.4 Å². The SMILES string of the molecule is C=C1C[C@H](CCCC)O[C@H]1CCC=O.CCCC[C@H]1C[C@@H](O)[C@H](CCC2OCCO2)O1. The fraction of sp³-hybridized carbons (Fsp3) is 0.880. The van der Waals surface area contributed by atoms with Crippen LogP contribution in [0.5, 0.6) is 0 Å². The number of hydrogen-bond donors (Lipinski definition) is 1. The van der Waals surface area contributed by atoms with Crippen LogP contribution in [-0.2, 0) is 23.7 Å². The molecule has 6 nitrogen and oxygen atoms in total. The number of ether oxygens (including phenoxy) is 4. The topological polar surface area (TPSA) is 74.2 Å². The van der Waals surface area contributed by atoms with Crippen molar-refractivity contribution in [2.24, 2.45) is 0 Å². The minimum Gasteiger partial charge on any atom is -0.390 e. The summed E-state index contributed by atoms with van der Waals surface area (Å²) in [6, 6.07) is 0. The minimum atomic E-state index is -0.307. The van der Waals surface area contributed by atoms with E-state index in [0.29, 0.717) is 25.7 Å². The van der Waals surface area contributed by atoms with Gasteiger partial charge in [0.2, 0.25) is 0 Å². The maximum absolute atomic E-state index is 10.2. The first kappa shape index (κ1) is 26.5. The molecule has 0 aliphatic carbocycles. The molecule has 0 aromatic carbocycles. The highest BCUT2D eigenvalue weighted by Gasteiger charge is 2.34. The van der Waals surface area contributed by atoms with Gasteiger partial charge < -0.3 is 28.8 Å². The highest BCUT2D eigenvalue weighted by atomic mass is 16.7. The molecule has 0 spiro atoms. The maximum Gasteiger partial charge on any atom is 0.157 e. The third-order valence-corrected chi connectivity index (χ3v) is 6.29. The summed E-state index contributed by atoms with van der Waals surface area (Å²) in [6.07, 6.45) is 13.1. The Morgan fingerprint density at radius 1 is 0.968 bits per heavy atom. The summed E-state index contributed by atoms with van der Waals surface area (Å²) in [5, 5.41) is 9.93. The Labute approximate surface area is 188 Å². The predicted molar refractivity (Wildman–Crippen MR) is 121 cm³/mol. The molecule has 180 valence electrons. The zero-order chi connectivity index (χ0) is 22.5. The monoisotopic (exact) mass is 440 g/mol. The van der Waals surface area contributed by atoms with E-state index in [1.165, 1.54) is 31.3 Å². The quantitative estimate of drug-likeness (QED) is 0.350. The number of carbonyl (C=O) groups is 1. The number of aldehydes is 1. The van der Waals surface area contributed by atoms with E-state index >= 15 is 0 Å². The molecule has 0 unspecified atom stereocenters.